The molecule has 0 amide bonds. The molecule has 3 aromatic carbocycles. The Morgan fingerprint density at radius 1 is 0.760 bits per heavy atom. The van der Waals surface area contributed by atoms with Crippen LogP contribution in [-0.2, 0) is 18.0 Å². The van der Waals surface area contributed by atoms with E-state index < -0.39 is 6.92 Å². The number of hydrogen-bond acceptors (Lipinski definition) is 2. The number of benzene rings is 3. The van der Waals surface area contributed by atoms with Crippen LogP contribution in [0.25, 0.3) is 0 Å². The smallest absolute Gasteiger partial charge is 0.358 e. The van der Waals surface area contributed by atoms with Crippen LogP contribution in [0.15, 0.2) is 72.8 Å². The van der Waals surface area contributed by atoms with Crippen molar-refractivity contribution < 1.29 is 9.76 Å². The molecule has 0 bridgehead atoms. The van der Waals surface area contributed by atoms with E-state index in [2.05, 4.69) is 31.2 Å². The topological polar surface area (TPSA) is 29.5 Å². The van der Waals surface area contributed by atoms with E-state index in [4.69, 9.17) is 16.3 Å². The van der Waals surface area contributed by atoms with Gasteiger partial charge in [0.25, 0.3) is 0 Å². The predicted molar refractivity (Wildman–Crippen MR) is 105 cm³/mol. The first-order valence-corrected chi connectivity index (χ1v) is 8.65. The van der Waals surface area contributed by atoms with Gasteiger partial charge < -0.3 is 9.76 Å². The summed E-state index contributed by atoms with van der Waals surface area (Å²) in [5, 5.41) is 11.1. The van der Waals surface area contributed by atoms with Gasteiger partial charge in [-0.1, -0.05) is 77.8 Å². The molecule has 0 aliphatic carbocycles. The number of halogens is 1. The summed E-state index contributed by atoms with van der Waals surface area (Å²) in [7, 11) is 0. The van der Waals surface area contributed by atoms with Gasteiger partial charge in [0.15, 0.2) is 0 Å². The van der Waals surface area contributed by atoms with Gasteiger partial charge >= 0.3 is 6.92 Å². The van der Waals surface area contributed by atoms with Gasteiger partial charge in [0.2, 0.25) is 0 Å². The molecule has 0 aliphatic rings. The maximum Gasteiger partial charge on any atom is 0.358 e. The van der Waals surface area contributed by atoms with E-state index in [1.54, 1.807) is 12.1 Å². The second-order valence-corrected chi connectivity index (χ2v) is 6.61. The molecule has 1 N–H and O–H groups in total. The predicted octanol–water partition coefficient (Wildman–Crippen LogP) is 3.46. The summed E-state index contributed by atoms with van der Waals surface area (Å²) in [5.74, 6) is 0. The monoisotopic (exact) mass is 350 g/mol. The Balaban J connectivity index is 1.56. The third-order valence-electron chi connectivity index (χ3n) is 4.14. The van der Waals surface area contributed by atoms with E-state index in [1.165, 1.54) is 11.1 Å². The van der Waals surface area contributed by atoms with Crippen molar-refractivity contribution >= 4 is 29.4 Å². The molecular formula is C21H20BClO2. The molecule has 3 rings (SSSR count). The number of aryl methyl sites for hydroxylation is 1. The van der Waals surface area contributed by atoms with Gasteiger partial charge in [-0.3, -0.25) is 0 Å². The zero-order valence-electron chi connectivity index (χ0n) is 14.2. The summed E-state index contributed by atoms with van der Waals surface area (Å²) >= 11 is 5.89. The second kappa shape index (κ2) is 8.35. The first-order valence-electron chi connectivity index (χ1n) is 8.27. The molecule has 0 saturated heterocycles. The Bertz CT molecular complexity index is 799. The lowest BCUT2D eigenvalue weighted by atomic mass is 9.56. The van der Waals surface area contributed by atoms with Gasteiger partial charge in [-0.05, 0) is 41.1 Å². The van der Waals surface area contributed by atoms with Crippen LogP contribution in [0.3, 0.4) is 0 Å². The molecule has 0 spiro atoms. The first kappa shape index (κ1) is 17.7. The molecule has 25 heavy (non-hydrogen) atoms. The fourth-order valence-corrected chi connectivity index (χ4v) is 2.73. The van der Waals surface area contributed by atoms with Crippen LogP contribution in [0, 0.1) is 6.92 Å². The zero-order chi connectivity index (χ0) is 17.6. The third-order valence-corrected chi connectivity index (χ3v) is 4.39. The second-order valence-electron chi connectivity index (χ2n) is 6.17. The molecular weight excluding hydrogens is 330 g/mol. The van der Waals surface area contributed by atoms with Gasteiger partial charge in [-0.15, -0.1) is 0 Å². The quantitative estimate of drug-likeness (QED) is 0.690. The lowest BCUT2D eigenvalue weighted by Gasteiger charge is -2.09. The van der Waals surface area contributed by atoms with Crippen molar-refractivity contribution in [3.63, 3.8) is 0 Å². The van der Waals surface area contributed by atoms with Crippen molar-refractivity contribution in [2.45, 2.75) is 20.1 Å². The van der Waals surface area contributed by atoms with Crippen LogP contribution >= 0.6 is 11.6 Å². The van der Waals surface area contributed by atoms with Gasteiger partial charge in [0, 0.05) is 5.02 Å². The van der Waals surface area contributed by atoms with Crippen molar-refractivity contribution in [3.8, 4) is 0 Å². The van der Waals surface area contributed by atoms with E-state index in [0.717, 1.165) is 16.5 Å². The maximum absolute atomic E-state index is 10.4. The van der Waals surface area contributed by atoms with Crippen molar-refractivity contribution in [3.05, 3.63) is 94.5 Å². The van der Waals surface area contributed by atoms with Crippen LogP contribution in [-0.4, -0.2) is 11.9 Å². The van der Waals surface area contributed by atoms with Crippen molar-refractivity contribution in [2.75, 3.05) is 0 Å². The molecule has 0 fully saturated rings. The summed E-state index contributed by atoms with van der Waals surface area (Å²) in [6, 6.07) is 23.4. The molecule has 0 radical (unpaired) electrons. The van der Waals surface area contributed by atoms with Crippen LogP contribution in [0.1, 0.15) is 16.7 Å². The fraction of sp³-hybridized carbons (Fsp3) is 0.143. The molecule has 2 nitrogen and oxygen atoms in total. The highest BCUT2D eigenvalue weighted by molar-refractivity contribution is 6.78. The van der Waals surface area contributed by atoms with Gasteiger partial charge in [-0.25, -0.2) is 0 Å². The molecule has 4 heteroatoms. The lowest BCUT2D eigenvalue weighted by Crippen LogP contribution is -2.42. The largest absolute Gasteiger partial charge is 0.443 e. The van der Waals surface area contributed by atoms with Crippen molar-refractivity contribution in [1.82, 2.24) is 0 Å². The van der Waals surface area contributed by atoms with Crippen LogP contribution in [0.2, 0.25) is 5.02 Å². The summed E-state index contributed by atoms with van der Waals surface area (Å²) in [6.45, 7) is 2.56. The third kappa shape index (κ3) is 4.96. The minimum atomic E-state index is -0.653. The molecule has 0 aliphatic heterocycles. The normalized spacial score (nSPS) is 10.7. The van der Waals surface area contributed by atoms with Crippen LogP contribution in [0.5, 0.6) is 0 Å². The summed E-state index contributed by atoms with van der Waals surface area (Å²) < 4.78 is 5.77. The highest BCUT2D eigenvalue weighted by Gasteiger charge is 2.16. The van der Waals surface area contributed by atoms with E-state index >= 15 is 0 Å². The van der Waals surface area contributed by atoms with Gasteiger partial charge in [0.1, 0.15) is 0 Å². The summed E-state index contributed by atoms with van der Waals surface area (Å²) in [5.41, 5.74) is 5.18. The van der Waals surface area contributed by atoms with E-state index in [-0.39, 0.29) is 0 Å². The summed E-state index contributed by atoms with van der Waals surface area (Å²) in [6.07, 6.45) is 0. The summed E-state index contributed by atoms with van der Waals surface area (Å²) in [4.78, 5) is 0. The minimum Gasteiger partial charge on any atom is -0.443 e. The Kier molecular flexibility index (Phi) is 5.93. The lowest BCUT2D eigenvalue weighted by molar-refractivity contribution is 0.107. The zero-order valence-corrected chi connectivity index (χ0v) is 14.9. The Morgan fingerprint density at radius 3 is 1.72 bits per heavy atom. The average Bonchev–Trinajstić information content (AvgIpc) is 2.64. The number of hydrogen-bond donors (Lipinski definition) is 1. The Labute approximate surface area is 154 Å². The van der Waals surface area contributed by atoms with E-state index in [0.29, 0.717) is 18.2 Å². The standard InChI is InChI=1S/C21H20BClO2/c1-16-2-4-17(5-3-16)14-25-15-18-6-8-19(9-7-18)22(24)20-10-12-21(23)13-11-20/h2-13,24H,14-15H2,1H3. The molecule has 3 aromatic rings. The molecule has 0 aromatic heterocycles. The maximum atomic E-state index is 10.4. The molecule has 0 atom stereocenters. The van der Waals surface area contributed by atoms with E-state index in [1.807, 2.05) is 36.4 Å². The average molecular weight is 351 g/mol. The number of ether oxygens (including phenoxy) is 1. The van der Waals surface area contributed by atoms with Crippen LogP contribution < -0.4 is 10.9 Å². The van der Waals surface area contributed by atoms with E-state index in [9.17, 15) is 5.02 Å². The van der Waals surface area contributed by atoms with Crippen LogP contribution in [0.4, 0.5) is 0 Å². The minimum absolute atomic E-state index is 0.547. The molecule has 0 saturated carbocycles. The SMILES string of the molecule is Cc1ccc(COCc2ccc(B(O)c3ccc(Cl)cc3)cc2)cc1. The number of rotatable bonds is 6. The fourth-order valence-electron chi connectivity index (χ4n) is 2.60. The van der Waals surface area contributed by atoms with Crippen molar-refractivity contribution in [1.29, 1.82) is 0 Å². The highest BCUT2D eigenvalue weighted by Crippen LogP contribution is 2.08. The molecule has 126 valence electrons. The molecule has 0 unspecified atom stereocenters. The highest BCUT2D eigenvalue weighted by atomic mass is 35.5. The Morgan fingerprint density at radius 2 is 1.20 bits per heavy atom. The van der Waals surface area contributed by atoms with Gasteiger partial charge in [0.05, 0.1) is 13.2 Å². The molecule has 0 heterocycles. The van der Waals surface area contributed by atoms with Crippen molar-refractivity contribution in [2.24, 2.45) is 0 Å². The van der Waals surface area contributed by atoms with Gasteiger partial charge in [-0.2, -0.15) is 0 Å². The first-order chi connectivity index (χ1) is 12.1. The Hall–Kier alpha value is -2.07.